The van der Waals surface area contributed by atoms with Crippen molar-refractivity contribution in [3.05, 3.63) is 23.3 Å². The molecule has 1 aromatic rings. The van der Waals surface area contributed by atoms with Crippen molar-refractivity contribution in [3.8, 4) is 11.5 Å². The van der Waals surface area contributed by atoms with Crippen LogP contribution in [0.25, 0.3) is 0 Å². The molecule has 0 aliphatic heterocycles. The lowest BCUT2D eigenvalue weighted by atomic mass is 9.89. The summed E-state index contributed by atoms with van der Waals surface area (Å²) in [6.45, 7) is 6.87. The van der Waals surface area contributed by atoms with Gasteiger partial charge >= 0.3 is 0 Å². The van der Waals surface area contributed by atoms with Crippen LogP contribution in [0.1, 0.15) is 50.8 Å². The number of β-amino-alcohol motifs (C(OH)–C–C–N with tert-alkyl or cyclic N) is 1. The van der Waals surface area contributed by atoms with Crippen molar-refractivity contribution in [1.82, 2.24) is 5.32 Å². The summed E-state index contributed by atoms with van der Waals surface area (Å²) in [4.78, 5) is 0. The van der Waals surface area contributed by atoms with E-state index < -0.39 is 6.10 Å². The Bertz CT molecular complexity index is 510. The van der Waals surface area contributed by atoms with Gasteiger partial charge in [-0.05, 0) is 63.3 Å². The van der Waals surface area contributed by atoms with E-state index in [1.807, 2.05) is 20.8 Å². The van der Waals surface area contributed by atoms with Crippen LogP contribution in [0.4, 0.5) is 0 Å². The Morgan fingerprint density at radius 2 is 1.95 bits per heavy atom. The molecular weight excluding hydrogens is 282 g/mol. The highest BCUT2D eigenvalue weighted by Gasteiger charge is 2.24. The van der Waals surface area contributed by atoms with E-state index in [0.29, 0.717) is 6.54 Å². The number of fused-ring (bicyclic) bond motifs is 1. The van der Waals surface area contributed by atoms with Crippen molar-refractivity contribution < 1.29 is 20.1 Å². The Labute approximate surface area is 131 Å². The third-order valence-electron chi connectivity index (χ3n) is 3.85. The Balaban J connectivity index is 1.94. The van der Waals surface area contributed by atoms with E-state index >= 15 is 0 Å². The number of hydrogen-bond donors (Lipinski definition) is 4. The molecule has 0 amide bonds. The van der Waals surface area contributed by atoms with Crippen LogP contribution in [-0.4, -0.2) is 40.1 Å². The molecule has 0 saturated heterocycles. The molecule has 2 unspecified atom stereocenters. The van der Waals surface area contributed by atoms with Gasteiger partial charge in [-0.2, -0.15) is 0 Å². The van der Waals surface area contributed by atoms with E-state index in [2.05, 4.69) is 5.32 Å². The second-order valence-corrected chi connectivity index (χ2v) is 7.04. The number of ether oxygens (including phenoxy) is 1. The minimum Gasteiger partial charge on any atom is -0.504 e. The number of benzene rings is 1. The van der Waals surface area contributed by atoms with Crippen LogP contribution in [0.3, 0.4) is 0 Å². The maximum atomic E-state index is 10.0. The topological polar surface area (TPSA) is 82.0 Å². The molecule has 5 heteroatoms. The van der Waals surface area contributed by atoms with Gasteiger partial charge < -0.3 is 25.4 Å². The highest BCUT2D eigenvalue weighted by Crippen LogP contribution is 2.38. The van der Waals surface area contributed by atoms with Gasteiger partial charge in [0.05, 0.1) is 18.8 Å². The Hall–Kier alpha value is -1.30. The summed E-state index contributed by atoms with van der Waals surface area (Å²) >= 11 is 0. The zero-order chi connectivity index (χ0) is 16.3. The summed E-state index contributed by atoms with van der Waals surface area (Å²) in [5.41, 5.74) is 1.88. The monoisotopic (exact) mass is 309 g/mol. The van der Waals surface area contributed by atoms with Gasteiger partial charge in [-0.25, -0.2) is 0 Å². The third kappa shape index (κ3) is 4.60. The quantitative estimate of drug-likeness (QED) is 0.627. The van der Waals surface area contributed by atoms with Crippen LogP contribution in [0, 0.1) is 0 Å². The van der Waals surface area contributed by atoms with E-state index in [-0.39, 0.29) is 29.7 Å². The lowest BCUT2D eigenvalue weighted by Gasteiger charge is -2.28. The second kappa shape index (κ2) is 6.86. The summed E-state index contributed by atoms with van der Waals surface area (Å²) in [5, 5.41) is 32.5. The van der Waals surface area contributed by atoms with Crippen molar-refractivity contribution in [2.45, 2.75) is 57.8 Å². The minimum absolute atomic E-state index is 0.0399. The highest BCUT2D eigenvalue weighted by atomic mass is 16.5. The molecule has 22 heavy (non-hydrogen) atoms. The number of phenols is 2. The molecule has 2 rings (SSSR count). The largest absolute Gasteiger partial charge is 0.504 e. The first-order valence-electron chi connectivity index (χ1n) is 7.86. The highest BCUT2D eigenvalue weighted by molar-refractivity contribution is 5.47. The molecule has 0 fully saturated rings. The first-order valence-corrected chi connectivity index (χ1v) is 7.86. The number of nitrogens with one attached hydrogen (secondary N) is 1. The molecule has 2 atom stereocenters. The Morgan fingerprint density at radius 1 is 1.27 bits per heavy atom. The van der Waals surface area contributed by atoms with Gasteiger partial charge in [0, 0.05) is 12.1 Å². The van der Waals surface area contributed by atoms with Crippen molar-refractivity contribution in [3.63, 3.8) is 0 Å². The molecule has 1 aromatic carbocycles. The molecule has 0 aromatic heterocycles. The molecule has 0 heterocycles. The van der Waals surface area contributed by atoms with E-state index in [1.165, 1.54) is 0 Å². The predicted octanol–water partition coefficient (Wildman–Crippen LogP) is 2.24. The lowest BCUT2D eigenvalue weighted by Crippen LogP contribution is -2.42. The summed E-state index contributed by atoms with van der Waals surface area (Å²) in [5.74, 6) is -0.210. The number of aliphatic hydroxyl groups is 1. The van der Waals surface area contributed by atoms with E-state index in [4.69, 9.17) is 4.74 Å². The molecular formula is C17H27NO4. The van der Waals surface area contributed by atoms with E-state index in [1.54, 1.807) is 12.1 Å². The zero-order valence-electron chi connectivity index (χ0n) is 13.6. The van der Waals surface area contributed by atoms with E-state index in [9.17, 15) is 15.3 Å². The van der Waals surface area contributed by atoms with Crippen LogP contribution in [0.15, 0.2) is 12.1 Å². The van der Waals surface area contributed by atoms with Crippen molar-refractivity contribution in [2.24, 2.45) is 0 Å². The maximum Gasteiger partial charge on any atom is 0.157 e. The van der Waals surface area contributed by atoms with Crippen molar-refractivity contribution in [2.75, 3.05) is 13.2 Å². The predicted molar refractivity (Wildman–Crippen MR) is 85.2 cm³/mol. The molecule has 1 aliphatic carbocycles. The molecule has 0 bridgehead atoms. The normalized spacial score (nSPS) is 19.7. The molecule has 1 aliphatic rings. The number of aliphatic hydroxyl groups excluding tert-OH is 1. The van der Waals surface area contributed by atoms with Gasteiger partial charge in [-0.3, -0.25) is 0 Å². The van der Waals surface area contributed by atoms with Gasteiger partial charge in [-0.15, -0.1) is 0 Å². The van der Waals surface area contributed by atoms with Crippen LogP contribution in [-0.2, 0) is 11.2 Å². The zero-order valence-corrected chi connectivity index (χ0v) is 13.6. The number of hydrogen-bond acceptors (Lipinski definition) is 5. The fraction of sp³-hybridized carbons (Fsp3) is 0.647. The number of phenolic OH excluding ortho intramolecular Hbond substituents is 2. The van der Waals surface area contributed by atoms with E-state index in [0.717, 1.165) is 30.4 Å². The molecule has 5 nitrogen and oxygen atoms in total. The fourth-order valence-corrected chi connectivity index (χ4v) is 2.67. The van der Waals surface area contributed by atoms with Gasteiger partial charge in [-0.1, -0.05) is 0 Å². The SMILES string of the molecule is CC(C)(C)NCC(O)COC1CCCc2cc(O)c(O)cc21. The summed E-state index contributed by atoms with van der Waals surface area (Å²) < 4.78 is 5.85. The molecule has 0 saturated carbocycles. The third-order valence-corrected chi connectivity index (χ3v) is 3.85. The van der Waals surface area contributed by atoms with Gasteiger partial charge in [0.1, 0.15) is 0 Å². The van der Waals surface area contributed by atoms with Gasteiger partial charge in [0.2, 0.25) is 0 Å². The van der Waals surface area contributed by atoms with Crippen molar-refractivity contribution >= 4 is 0 Å². The molecule has 124 valence electrons. The van der Waals surface area contributed by atoms with Crippen molar-refractivity contribution in [1.29, 1.82) is 0 Å². The van der Waals surface area contributed by atoms with Gasteiger partial charge in [0.15, 0.2) is 11.5 Å². The summed E-state index contributed by atoms with van der Waals surface area (Å²) in [6.07, 6.45) is 1.99. The standard InChI is InChI=1S/C17H27NO4/c1-17(2,3)18-9-12(19)10-22-16-6-4-5-11-7-14(20)15(21)8-13(11)16/h7-8,12,16,18-21H,4-6,9-10H2,1-3H3. The Morgan fingerprint density at radius 3 is 2.64 bits per heavy atom. The number of rotatable bonds is 5. The molecule has 0 radical (unpaired) electrons. The Kier molecular flexibility index (Phi) is 5.32. The first-order chi connectivity index (χ1) is 10.3. The number of aromatic hydroxyl groups is 2. The minimum atomic E-state index is -0.574. The number of aryl methyl sites for hydroxylation is 1. The summed E-state index contributed by atoms with van der Waals surface area (Å²) in [6, 6.07) is 3.19. The molecule has 4 N–H and O–H groups in total. The second-order valence-electron chi connectivity index (χ2n) is 7.04. The average Bonchev–Trinajstić information content (AvgIpc) is 2.43. The summed E-state index contributed by atoms with van der Waals surface area (Å²) in [7, 11) is 0. The van der Waals surface area contributed by atoms with Gasteiger partial charge in [0.25, 0.3) is 0 Å². The smallest absolute Gasteiger partial charge is 0.157 e. The van der Waals surface area contributed by atoms with Crippen LogP contribution < -0.4 is 5.32 Å². The van der Waals surface area contributed by atoms with Crippen LogP contribution in [0.5, 0.6) is 11.5 Å². The maximum absolute atomic E-state index is 10.0. The van der Waals surface area contributed by atoms with Crippen LogP contribution >= 0.6 is 0 Å². The fourth-order valence-electron chi connectivity index (χ4n) is 2.67. The average molecular weight is 309 g/mol. The van der Waals surface area contributed by atoms with Crippen LogP contribution in [0.2, 0.25) is 0 Å². The lowest BCUT2D eigenvalue weighted by molar-refractivity contribution is -0.0183. The first kappa shape index (κ1) is 17.1. The molecule has 0 spiro atoms.